The largest absolute Gasteiger partial charge is 0.489 e. The van der Waals surface area contributed by atoms with Crippen LogP contribution in [-0.4, -0.2) is 4.98 Å². The quantitative estimate of drug-likeness (QED) is 0.927. The lowest BCUT2D eigenvalue weighted by atomic mass is 9.92. The second-order valence-corrected chi connectivity index (χ2v) is 5.29. The predicted molar refractivity (Wildman–Crippen MR) is 79.5 cm³/mol. The van der Waals surface area contributed by atoms with Gasteiger partial charge in [0.25, 0.3) is 0 Å². The number of aromatic nitrogens is 1. The van der Waals surface area contributed by atoms with Crippen LogP contribution in [0, 0.1) is 0 Å². The summed E-state index contributed by atoms with van der Waals surface area (Å²) in [5.74, 6) is 0.955. The van der Waals surface area contributed by atoms with Crippen LogP contribution in [0.25, 0.3) is 0 Å². The Morgan fingerprint density at radius 3 is 2.75 bits per heavy atom. The number of pyridine rings is 1. The van der Waals surface area contributed by atoms with Crippen molar-refractivity contribution < 1.29 is 4.74 Å². The molecule has 1 aromatic carbocycles. The molecule has 20 heavy (non-hydrogen) atoms. The highest BCUT2D eigenvalue weighted by molar-refractivity contribution is 5.37. The molecular weight excluding hydrogens is 248 g/mol. The molecule has 0 spiro atoms. The number of nitrogens with zero attached hydrogens (tertiary/aromatic N) is 1. The summed E-state index contributed by atoms with van der Waals surface area (Å²) in [6, 6.07) is 10.5. The van der Waals surface area contributed by atoms with Gasteiger partial charge in [0.05, 0.1) is 5.69 Å². The van der Waals surface area contributed by atoms with E-state index in [1.54, 1.807) is 6.20 Å². The summed E-state index contributed by atoms with van der Waals surface area (Å²) in [5, 5.41) is 0. The number of ether oxygens (including phenoxy) is 1. The smallest absolute Gasteiger partial charge is 0.120 e. The molecule has 0 unspecified atom stereocenters. The highest BCUT2D eigenvalue weighted by atomic mass is 16.5. The number of fused-ring (bicyclic) bond motifs is 1. The van der Waals surface area contributed by atoms with E-state index in [9.17, 15) is 0 Å². The molecule has 1 aliphatic rings. The van der Waals surface area contributed by atoms with Gasteiger partial charge >= 0.3 is 0 Å². The minimum absolute atomic E-state index is 0.465. The maximum absolute atomic E-state index is 5.89. The van der Waals surface area contributed by atoms with E-state index >= 15 is 0 Å². The highest BCUT2D eigenvalue weighted by Gasteiger charge is 2.09. The summed E-state index contributed by atoms with van der Waals surface area (Å²) in [6.07, 6.45) is 6.78. The van der Waals surface area contributed by atoms with E-state index in [2.05, 4.69) is 23.2 Å². The van der Waals surface area contributed by atoms with Crippen molar-refractivity contribution in [1.29, 1.82) is 0 Å². The maximum atomic E-state index is 5.89. The normalized spacial score (nSPS) is 13.8. The molecular formula is C17H20N2O. The van der Waals surface area contributed by atoms with Crippen molar-refractivity contribution in [3.8, 4) is 5.75 Å². The van der Waals surface area contributed by atoms with Gasteiger partial charge in [0.15, 0.2) is 0 Å². The van der Waals surface area contributed by atoms with Gasteiger partial charge in [-0.3, -0.25) is 4.98 Å². The number of hydrogen-bond donors (Lipinski definition) is 1. The fourth-order valence-corrected chi connectivity index (χ4v) is 2.70. The van der Waals surface area contributed by atoms with Crippen LogP contribution in [-0.2, 0) is 26.0 Å². The monoisotopic (exact) mass is 268 g/mol. The zero-order chi connectivity index (χ0) is 13.8. The fourth-order valence-electron chi connectivity index (χ4n) is 2.70. The van der Waals surface area contributed by atoms with E-state index in [1.807, 2.05) is 12.1 Å². The maximum Gasteiger partial charge on any atom is 0.120 e. The van der Waals surface area contributed by atoms with Crippen molar-refractivity contribution in [3.05, 3.63) is 58.9 Å². The molecule has 1 aromatic heterocycles. The zero-order valence-electron chi connectivity index (χ0n) is 11.6. The summed E-state index contributed by atoms with van der Waals surface area (Å²) in [5.41, 5.74) is 10.5. The number of aryl methyl sites for hydroxylation is 2. The first-order valence-corrected chi connectivity index (χ1v) is 7.23. The summed E-state index contributed by atoms with van der Waals surface area (Å²) < 4.78 is 5.89. The highest BCUT2D eigenvalue weighted by Crippen LogP contribution is 2.25. The van der Waals surface area contributed by atoms with Gasteiger partial charge in [-0.15, -0.1) is 0 Å². The van der Waals surface area contributed by atoms with Crippen molar-refractivity contribution in [3.63, 3.8) is 0 Å². The Morgan fingerprint density at radius 2 is 1.90 bits per heavy atom. The minimum atomic E-state index is 0.465. The van der Waals surface area contributed by atoms with Crippen molar-refractivity contribution in [2.45, 2.75) is 38.8 Å². The zero-order valence-corrected chi connectivity index (χ0v) is 11.6. The SMILES string of the molecule is NCc1cc(COc2ccc3c(c2)CCCC3)ccn1. The van der Waals surface area contributed by atoms with Crippen LogP contribution in [0.15, 0.2) is 36.5 Å². The Balaban J connectivity index is 1.68. The van der Waals surface area contributed by atoms with Gasteiger partial charge in [0.1, 0.15) is 12.4 Å². The Labute approximate surface area is 119 Å². The molecule has 1 aliphatic carbocycles. The van der Waals surface area contributed by atoms with Gasteiger partial charge in [-0.2, -0.15) is 0 Å². The number of rotatable bonds is 4. The van der Waals surface area contributed by atoms with E-state index in [0.717, 1.165) is 17.0 Å². The Bertz CT molecular complexity index is 595. The van der Waals surface area contributed by atoms with Crippen LogP contribution in [0.1, 0.15) is 35.2 Å². The standard InChI is InChI=1S/C17H20N2O/c18-11-16-9-13(7-8-19-16)12-20-17-6-5-14-3-1-2-4-15(14)10-17/h5-10H,1-4,11-12,18H2. The lowest BCUT2D eigenvalue weighted by Gasteiger charge is -2.16. The van der Waals surface area contributed by atoms with Crippen molar-refractivity contribution in [2.24, 2.45) is 5.73 Å². The molecule has 3 heteroatoms. The first-order valence-electron chi connectivity index (χ1n) is 7.23. The molecule has 2 aromatic rings. The van der Waals surface area contributed by atoms with Crippen molar-refractivity contribution >= 4 is 0 Å². The number of hydrogen-bond acceptors (Lipinski definition) is 3. The fraction of sp³-hybridized carbons (Fsp3) is 0.353. The lowest BCUT2D eigenvalue weighted by molar-refractivity contribution is 0.305. The van der Waals surface area contributed by atoms with Crippen molar-refractivity contribution in [2.75, 3.05) is 0 Å². The average molecular weight is 268 g/mol. The summed E-state index contributed by atoms with van der Waals surface area (Å²) in [7, 11) is 0. The van der Waals surface area contributed by atoms with E-state index in [0.29, 0.717) is 13.2 Å². The second-order valence-electron chi connectivity index (χ2n) is 5.29. The van der Waals surface area contributed by atoms with Gasteiger partial charge in [0.2, 0.25) is 0 Å². The Hall–Kier alpha value is -1.87. The average Bonchev–Trinajstić information content (AvgIpc) is 2.53. The molecule has 0 atom stereocenters. The predicted octanol–water partition coefficient (Wildman–Crippen LogP) is 3.00. The van der Waals surface area contributed by atoms with Crippen molar-refractivity contribution in [1.82, 2.24) is 4.98 Å². The second kappa shape index (κ2) is 6.06. The molecule has 0 aliphatic heterocycles. The van der Waals surface area contributed by atoms with Crippen LogP contribution in [0.3, 0.4) is 0 Å². The van der Waals surface area contributed by atoms with Gasteiger partial charge in [-0.25, -0.2) is 0 Å². The van der Waals surface area contributed by atoms with Gasteiger partial charge in [0, 0.05) is 12.7 Å². The van der Waals surface area contributed by atoms with Crippen LogP contribution >= 0.6 is 0 Å². The van der Waals surface area contributed by atoms with Gasteiger partial charge in [-0.05, 0) is 66.6 Å². The number of benzene rings is 1. The van der Waals surface area contributed by atoms with Gasteiger partial charge < -0.3 is 10.5 Å². The van der Waals surface area contributed by atoms with Gasteiger partial charge in [-0.1, -0.05) is 6.07 Å². The first-order chi connectivity index (χ1) is 9.85. The first kappa shape index (κ1) is 13.1. The Kier molecular flexibility index (Phi) is 3.97. The third-order valence-electron chi connectivity index (χ3n) is 3.82. The topological polar surface area (TPSA) is 48.1 Å². The molecule has 0 saturated carbocycles. The summed E-state index contributed by atoms with van der Waals surface area (Å²) in [4.78, 5) is 4.19. The van der Waals surface area contributed by atoms with E-state index in [-0.39, 0.29) is 0 Å². The molecule has 0 radical (unpaired) electrons. The van der Waals surface area contributed by atoms with Crippen LogP contribution in [0.4, 0.5) is 0 Å². The molecule has 0 amide bonds. The molecule has 0 bridgehead atoms. The van der Waals surface area contributed by atoms with E-state index < -0.39 is 0 Å². The Morgan fingerprint density at radius 1 is 1.05 bits per heavy atom. The van der Waals surface area contributed by atoms with E-state index in [1.165, 1.54) is 36.8 Å². The van der Waals surface area contributed by atoms with Crippen LogP contribution in [0.5, 0.6) is 5.75 Å². The molecule has 1 heterocycles. The van der Waals surface area contributed by atoms with E-state index in [4.69, 9.17) is 10.5 Å². The molecule has 0 saturated heterocycles. The minimum Gasteiger partial charge on any atom is -0.489 e. The molecule has 0 fully saturated rings. The summed E-state index contributed by atoms with van der Waals surface area (Å²) >= 11 is 0. The number of nitrogens with two attached hydrogens (primary N) is 1. The molecule has 2 N–H and O–H groups in total. The molecule has 3 rings (SSSR count). The summed E-state index contributed by atoms with van der Waals surface area (Å²) in [6.45, 7) is 1.03. The molecule has 104 valence electrons. The third-order valence-corrected chi connectivity index (χ3v) is 3.82. The van der Waals surface area contributed by atoms with Crippen LogP contribution in [0.2, 0.25) is 0 Å². The lowest BCUT2D eigenvalue weighted by Crippen LogP contribution is -2.04. The van der Waals surface area contributed by atoms with Crippen LogP contribution < -0.4 is 10.5 Å². The molecule has 3 nitrogen and oxygen atoms in total. The third kappa shape index (κ3) is 2.99.